The second kappa shape index (κ2) is 5.48. The van der Waals surface area contributed by atoms with E-state index in [9.17, 15) is 4.39 Å². The Kier molecular flexibility index (Phi) is 3.97. The summed E-state index contributed by atoms with van der Waals surface area (Å²) in [6.45, 7) is 1.38. The molecule has 1 saturated heterocycles. The summed E-state index contributed by atoms with van der Waals surface area (Å²) in [6, 6.07) is 5.09. The van der Waals surface area contributed by atoms with Gasteiger partial charge in [-0.25, -0.2) is 4.39 Å². The van der Waals surface area contributed by atoms with Crippen LogP contribution in [0.1, 0.15) is 18.4 Å². The first-order chi connectivity index (χ1) is 8.22. The molecule has 1 heterocycles. The van der Waals surface area contributed by atoms with E-state index in [1.807, 2.05) is 6.07 Å². The van der Waals surface area contributed by atoms with Crippen LogP contribution in [0.5, 0.6) is 0 Å². The molecule has 0 saturated carbocycles. The highest BCUT2D eigenvalue weighted by molar-refractivity contribution is 9.10. The first kappa shape index (κ1) is 12.3. The van der Waals surface area contributed by atoms with Gasteiger partial charge in [-0.3, -0.25) is 0 Å². The monoisotopic (exact) mass is 298 g/mol. The van der Waals surface area contributed by atoms with E-state index >= 15 is 0 Å². The summed E-state index contributed by atoms with van der Waals surface area (Å²) >= 11 is 3.08. The van der Waals surface area contributed by atoms with Crippen molar-refractivity contribution in [1.82, 2.24) is 0 Å². The lowest BCUT2D eigenvalue weighted by atomic mass is 10.2. The Morgan fingerprint density at radius 1 is 1.59 bits per heavy atom. The normalized spacial score (nSPS) is 19.0. The number of nitriles is 1. The van der Waals surface area contributed by atoms with Crippen LogP contribution in [0.4, 0.5) is 10.1 Å². The van der Waals surface area contributed by atoms with E-state index in [2.05, 4.69) is 21.2 Å². The van der Waals surface area contributed by atoms with Crippen molar-refractivity contribution in [1.29, 1.82) is 5.26 Å². The molecule has 2 rings (SSSR count). The van der Waals surface area contributed by atoms with Gasteiger partial charge in [-0.2, -0.15) is 5.26 Å². The highest BCUT2D eigenvalue weighted by Crippen LogP contribution is 2.26. The first-order valence-electron chi connectivity index (χ1n) is 5.46. The Hall–Kier alpha value is -1.12. The van der Waals surface area contributed by atoms with Crippen LogP contribution in [-0.4, -0.2) is 19.3 Å². The zero-order valence-corrected chi connectivity index (χ0v) is 10.8. The van der Waals surface area contributed by atoms with Crippen LogP contribution in [0.3, 0.4) is 0 Å². The third-order valence-electron chi connectivity index (χ3n) is 2.75. The van der Waals surface area contributed by atoms with E-state index in [4.69, 9.17) is 10.00 Å². The Balaban J connectivity index is 2.06. The van der Waals surface area contributed by atoms with Crippen LogP contribution >= 0.6 is 15.9 Å². The van der Waals surface area contributed by atoms with Crippen LogP contribution in [0.2, 0.25) is 0 Å². The topological polar surface area (TPSA) is 45.0 Å². The van der Waals surface area contributed by atoms with E-state index in [1.165, 1.54) is 0 Å². The largest absolute Gasteiger partial charge is 0.380 e. The van der Waals surface area contributed by atoms with Gasteiger partial charge in [0.15, 0.2) is 5.82 Å². The quantitative estimate of drug-likeness (QED) is 0.933. The van der Waals surface area contributed by atoms with Gasteiger partial charge in [0, 0.05) is 13.2 Å². The predicted molar refractivity (Wildman–Crippen MR) is 66.3 cm³/mol. The average Bonchev–Trinajstić information content (AvgIpc) is 2.84. The first-order valence-corrected chi connectivity index (χ1v) is 6.25. The number of ether oxygens (including phenoxy) is 1. The lowest BCUT2D eigenvalue weighted by molar-refractivity contribution is 0.120. The molecule has 0 aliphatic carbocycles. The molecule has 0 spiro atoms. The summed E-state index contributed by atoms with van der Waals surface area (Å²) < 4.78 is 19.5. The Morgan fingerprint density at radius 3 is 3.06 bits per heavy atom. The maximum atomic E-state index is 13.8. The van der Waals surface area contributed by atoms with Gasteiger partial charge in [0.25, 0.3) is 0 Å². The minimum Gasteiger partial charge on any atom is -0.380 e. The fraction of sp³-hybridized carbons (Fsp3) is 0.417. The number of benzene rings is 1. The highest BCUT2D eigenvalue weighted by Gasteiger charge is 2.16. The van der Waals surface area contributed by atoms with Crippen molar-refractivity contribution in [3.05, 3.63) is 28.0 Å². The minimum absolute atomic E-state index is 0.156. The van der Waals surface area contributed by atoms with Gasteiger partial charge in [-0.15, -0.1) is 0 Å². The summed E-state index contributed by atoms with van der Waals surface area (Å²) in [5, 5.41) is 11.8. The van der Waals surface area contributed by atoms with Gasteiger partial charge in [0.2, 0.25) is 0 Å². The molecule has 1 atom stereocenters. The van der Waals surface area contributed by atoms with E-state index in [1.54, 1.807) is 12.1 Å². The second-order valence-electron chi connectivity index (χ2n) is 3.92. The molecule has 0 aromatic heterocycles. The van der Waals surface area contributed by atoms with Gasteiger partial charge < -0.3 is 10.1 Å². The molecule has 1 aromatic rings. The van der Waals surface area contributed by atoms with Gasteiger partial charge in [-0.1, -0.05) is 0 Å². The number of nitrogens with one attached hydrogen (secondary N) is 1. The highest BCUT2D eigenvalue weighted by atomic mass is 79.9. The van der Waals surface area contributed by atoms with E-state index in [-0.39, 0.29) is 10.6 Å². The molecule has 17 heavy (non-hydrogen) atoms. The molecule has 0 bridgehead atoms. The van der Waals surface area contributed by atoms with E-state index in [0.29, 0.717) is 17.8 Å². The van der Waals surface area contributed by atoms with E-state index in [0.717, 1.165) is 19.4 Å². The molecule has 1 unspecified atom stereocenters. The van der Waals surface area contributed by atoms with Gasteiger partial charge in [-0.05, 0) is 40.9 Å². The van der Waals surface area contributed by atoms with Crippen LogP contribution in [0, 0.1) is 17.1 Å². The van der Waals surface area contributed by atoms with Crippen molar-refractivity contribution in [2.75, 3.05) is 18.5 Å². The third-order valence-corrected chi connectivity index (χ3v) is 3.52. The number of halogens is 2. The van der Waals surface area contributed by atoms with Gasteiger partial charge in [0.1, 0.15) is 6.07 Å². The number of anilines is 1. The summed E-state index contributed by atoms with van der Waals surface area (Å²) in [5.74, 6) is -0.429. The smallest absolute Gasteiger partial charge is 0.161 e. The lowest BCUT2D eigenvalue weighted by Gasteiger charge is -2.13. The molecule has 1 fully saturated rings. The summed E-state index contributed by atoms with van der Waals surface area (Å²) in [6.07, 6.45) is 2.22. The SMILES string of the molecule is N#Cc1ccc(NCC2CCCO2)c(F)c1Br. The Morgan fingerprint density at radius 2 is 2.41 bits per heavy atom. The van der Waals surface area contributed by atoms with Crippen LogP contribution < -0.4 is 5.32 Å². The molecule has 5 heteroatoms. The molecule has 1 N–H and O–H groups in total. The van der Waals surface area contributed by atoms with Crippen molar-refractivity contribution >= 4 is 21.6 Å². The second-order valence-corrected chi connectivity index (χ2v) is 4.71. The van der Waals surface area contributed by atoms with Crippen molar-refractivity contribution in [2.24, 2.45) is 0 Å². The van der Waals surface area contributed by atoms with Crippen molar-refractivity contribution in [3.8, 4) is 6.07 Å². The molecular weight excluding hydrogens is 287 g/mol. The number of rotatable bonds is 3. The fourth-order valence-corrected chi connectivity index (χ4v) is 2.24. The molecule has 1 aliphatic rings. The fourth-order valence-electron chi connectivity index (χ4n) is 1.80. The van der Waals surface area contributed by atoms with E-state index < -0.39 is 5.82 Å². The lowest BCUT2D eigenvalue weighted by Crippen LogP contribution is -2.19. The maximum absolute atomic E-state index is 13.8. The summed E-state index contributed by atoms with van der Waals surface area (Å²) in [7, 11) is 0. The van der Waals surface area contributed by atoms with Gasteiger partial charge >= 0.3 is 0 Å². The predicted octanol–water partition coefficient (Wildman–Crippen LogP) is 3.05. The molecule has 1 aromatic carbocycles. The number of hydrogen-bond donors (Lipinski definition) is 1. The van der Waals surface area contributed by atoms with Crippen LogP contribution in [-0.2, 0) is 4.74 Å². The van der Waals surface area contributed by atoms with Crippen molar-refractivity contribution in [2.45, 2.75) is 18.9 Å². The maximum Gasteiger partial charge on any atom is 0.161 e. The van der Waals surface area contributed by atoms with Crippen molar-refractivity contribution in [3.63, 3.8) is 0 Å². The standard InChI is InChI=1S/C12H12BrFN2O/c13-11-8(6-15)3-4-10(12(11)14)16-7-9-2-1-5-17-9/h3-4,9,16H,1-2,5,7H2. The Bertz CT molecular complexity index is 453. The van der Waals surface area contributed by atoms with Crippen molar-refractivity contribution < 1.29 is 9.13 Å². The average molecular weight is 299 g/mol. The summed E-state index contributed by atoms with van der Waals surface area (Å²) in [4.78, 5) is 0. The minimum atomic E-state index is -0.429. The van der Waals surface area contributed by atoms with Crippen LogP contribution in [0.25, 0.3) is 0 Å². The number of nitrogens with zero attached hydrogens (tertiary/aromatic N) is 1. The third kappa shape index (κ3) is 2.76. The Labute approximate surface area is 108 Å². The molecular formula is C12H12BrFN2O. The molecule has 1 aliphatic heterocycles. The zero-order chi connectivity index (χ0) is 12.3. The van der Waals surface area contributed by atoms with Crippen LogP contribution in [0.15, 0.2) is 16.6 Å². The zero-order valence-electron chi connectivity index (χ0n) is 9.17. The molecule has 3 nitrogen and oxygen atoms in total. The molecule has 90 valence electrons. The molecule has 0 amide bonds. The van der Waals surface area contributed by atoms with Gasteiger partial charge in [0.05, 0.1) is 21.8 Å². The summed E-state index contributed by atoms with van der Waals surface area (Å²) in [5.41, 5.74) is 0.691. The number of hydrogen-bond acceptors (Lipinski definition) is 3. The molecule has 0 radical (unpaired) electrons.